The molecule has 0 aliphatic rings. The molecule has 0 unspecified atom stereocenters. The number of hydrogen-bond donors (Lipinski definition) is 1. The van der Waals surface area contributed by atoms with E-state index in [1.807, 2.05) is 12.1 Å². The Kier molecular flexibility index (Phi) is 3.67. The third-order valence-electron chi connectivity index (χ3n) is 2.29. The van der Waals surface area contributed by atoms with Crippen LogP contribution in [-0.2, 0) is 13.2 Å². The van der Waals surface area contributed by atoms with Gasteiger partial charge >= 0.3 is 0 Å². The van der Waals surface area contributed by atoms with E-state index in [9.17, 15) is 4.39 Å². The Hall–Kier alpha value is -1.94. The monoisotopic (exact) mass is 232 g/mol. The molecule has 0 saturated heterocycles. The van der Waals surface area contributed by atoms with Gasteiger partial charge in [0.1, 0.15) is 18.2 Å². The molecule has 0 fully saturated rings. The van der Waals surface area contributed by atoms with E-state index in [1.165, 1.54) is 12.1 Å². The van der Waals surface area contributed by atoms with Crippen molar-refractivity contribution in [3.63, 3.8) is 0 Å². The van der Waals surface area contributed by atoms with Crippen LogP contribution in [0.5, 0.6) is 5.75 Å². The van der Waals surface area contributed by atoms with Crippen molar-refractivity contribution in [2.24, 2.45) is 5.73 Å². The predicted molar refractivity (Wildman–Crippen MR) is 62.9 cm³/mol. The van der Waals surface area contributed by atoms with Crippen molar-refractivity contribution in [3.8, 4) is 5.75 Å². The molecule has 0 spiro atoms. The van der Waals surface area contributed by atoms with E-state index in [4.69, 9.17) is 10.5 Å². The van der Waals surface area contributed by atoms with Crippen molar-refractivity contribution in [2.75, 3.05) is 0 Å². The summed E-state index contributed by atoms with van der Waals surface area (Å²) >= 11 is 0. The molecular weight excluding hydrogens is 219 g/mol. The fourth-order valence-electron chi connectivity index (χ4n) is 1.45. The summed E-state index contributed by atoms with van der Waals surface area (Å²) in [5, 5.41) is 0. The molecule has 0 amide bonds. The molecule has 3 nitrogen and oxygen atoms in total. The summed E-state index contributed by atoms with van der Waals surface area (Å²) in [6.07, 6.45) is 1.69. The maximum absolute atomic E-state index is 12.9. The van der Waals surface area contributed by atoms with Gasteiger partial charge in [-0.05, 0) is 29.8 Å². The van der Waals surface area contributed by atoms with Gasteiger partial charge in [-0.2, -0.15) is 0 Å². The van der Waals surface area contributed by atoms with Gasteiger partial charge < -0.3 is 10.5 Å². The van der Waals surface area contributed by atoms with Crippen LogP contribution in [0, 0.1) is 5.82 Å². The van der Waals surface area contributed by atoms with Crippen LogP contribution in [0.15, 0.2) is 42.6 Å². The molecule has 4 heteroatoms. The molecule has 0 atom stereocenters. The predicted octanol–water partition coefficient (Wildman–Crippen LogP) is 2.26. The highest BCUT2D eigenvalue weighted by Crippen LogP contribution is 2.14. The summed E-state index contributed by atoms with van der Waals surface area (Å²) in [6, 6.07) is 9.78. The number of halogens is 1. The molecule has 2 aromatic rings. The molecular formula is C13H13FN2O. The van der Waals surface area contributed by atoms with Crippen LogP contribution < -0.4 is 10.5 Å². The van der Waals surface area contributed by atoms with Gasteiger partial charge in [0.05, 0.1) is 5.69 Å². The van der Waals surface area contributed by atoms with E-state index in [1.54, 1.807) is 18.3 Å². The zero-order chi connectivity index (χ0) is 12.1. The fourth-order valence-corrected chi connectivity index (χ4v) is 1.45. The summed E-state index contributed by atoms with van der Waals surface area (Å²) in [5.74, 6) is 0.205. The molecule has 0 saturated carbocycles. The van der Waals surface area contributed by atoms with Crippen molar-refractivity contribution in [3.05, 3.63) is 59.7 Å². The van der Waals surface area contributed by atoms with Gasteiger partial charge in [-0.3, -0.25) is 4.98 Å². The highest BCUT2D eigenvalue weighted by molar-refractivity contribution is 5.23. The third kappa shape index (κ3) is 3.26. The number of pyridine rings is 1. The Morgan fingerprint density at radius 3 is 2.88 bits per heavy atom. The molecule has 0 aliphatic heterocycles. The quantitative estimate of drug-likeness (QED) is 0.879. The minimum absolute atomic E-state index is 0.306. The first-order valence-electron chi connectivity index (χ1n) is 5.30. The van der Waals surface area contributed by atoms with Gasteiger partial charge in [0.2, 0.25) is 0 Å². The first kappa shape index (κ1) is 11.5. The zero-order valence-corrected chi connectivity index (χ0v) is 9.27. The summed E-state index contributed by atoms with van der Waals surface area (Å²) in [4.78, 5) is 4.09. The van der Waals surface area contributed by atoms with Crippen LogP contribution in [0.3, 0.4) is 0 Å². The lowest BCUT2D eigenvalue weighted by molar-refractivity contribution is 0.304. The zero-order valence-electron chi connectivity index (χ0n) is 9.27. The number of rotatable bonds is 4. The van der Waals surface area contributed by atoms with Gasteiger partial charge in [0.15, 0.2) is 0 Å². The van der Waals surface area contributed by atoms with Crippen LogP contribution in [0.1, 0.15) is 11.3 Å². The molecule has 2 rings (SSSR count). The van der Waals surface area contributed by atoms with Crippen LogP contribution >= 0.6 is 0 Å². The molecule has 88 valence electrons. The average Bonchev–Trinajstić information content (AvgIpc) is 2.37. The van der Waals surface area contributed by atoms with Crippen molar-refractivity contribution in [1.29, 1.82) is 0 Å². The van der Waals surface area contributed by atoms with Crippen molar-refractivity contribution in [2.45, 2.75) is 13.2 Å². The van der Waals surface area contributed by atoms with E-state index in [0.717, 1.165) is 11.3 Å². The summed E-state index contributed by atoms with van der Waals surface area (Å²) in [7, 11) is 0. The minimum atomic E-state index is -0.306. The second-order valence-electron chi connectivity index (χ2n) is 3.61. The summed E-state index contributed by atoms with van der Waals surface area (Å²) in [5.41, 5.74) is 7.27. The molecule has 0 aliphatic carbocycles. The lowest BCUT2D eigenvalue weighted by Crippen LogP contribution is -2.02. The topological polar surface area (TPSA) is 48.1 Å². The average molecular weight is 232 g/mol. The fraction of sp³-hybridized carbons (Fsp3) is 0.154. The van der Waals surface area contributed by atoms with E-state index in [0.29, 0.717) is 18.9 Å². The number of nitrogens with two attached hydrogens (primary N) is 1. The van der Waals surface area contributed by atoms with Crippen LogP contribution in [-0.4, -0.2) is 4.98 Å². The number of hydrogen-bond acceptors (Lipinski definition) is 3. The molecule has 2 N–H and O–H groups in total. The van der Waals surface area contributed by atoms with E-state index in [-0.39, 0.29) is 5.82 Å². The van der Waals surface area contributed by atoms with E-state index in [2.05, 4.69) is 4.98 Å². The number of nitrogens with zero attached hydrogens (tertiary/aromatic N) is 1. The molecule has 1 aromatic heterocycles. The van der Waals surface area contributed by atoms with E-state index < -0.39 is 0 Å². The van der Waals surface area contributed by atoms with Gasteiger partial charge in [-0.1, -0.05) is 6.07 Å². The molecule has 0 radical (unpaired) electrons. The van der Waals surface area contributed by atoms with Crippen molar-refractivity contribution >= 4 is 0 Å². The summed E-state index contributed by atoms with van der Waals surface area (Å²) < 4.78 is 18.4. The standard InChI is InChI=1S/C13H13FN2O/c14-11-2-1-3-13(7-11)17-9-10-4-5-16-12(6-10)8-15/h1-7H,8-9,15H2. The minimum Gasteiger partial charge on any atom is -0.489 e. The first-order chi connectivity index (χ1) is 8.28. The van der Waals surface area contributed by atoms with Gasteiger partial charge in [-0.25, -0.2) is 4.39 Å². The molecule has 17 heavy (non-hydrogen) atoms. The maximum atomic E-state index is 12.9. The summed E-state index contributed by atoms with van der Waals surface area (Å²) in [6.45, 7) is 0.771. The third-order valence-corrected chi connectivity index (χ3v) is 2.29. The Bertz CT molecular complexity index is 502. The van der Waals surface area contributed by atoms with Crippen LogP contribution in [0.25, 0.3) is 0 Å². The smallest absolute Gasteiger partial charge is 0.126 e. The second-order valence-corrected chi connectivity index (χ2v) is 3.61. The highest BCUT2D eigenvalue weighted by atomic mass is 19.1. The second kappa shape index (κ2) is 5.41. The maximum Gasteiger partial charge on any atom is 0.126 e. The Morgan fingerprint density at radius 2 is 2.12 bits per heavy atom. The first-order valence-corrected chi connectivity index (χ1v) is 5.30. The molecule has 1 aromatic carbocycles. The van der Waals surface area contributed by atoms with Gasteiger partial charge in [-0.15, -0.1) is 0 Å². The Labute approximate surface area is 99.1 Å². The normalized spacial score (nSPS) is 10.2. The molecule has 1 heterocycles. The SMILES string of the molecule is NCc1cc(COc2cccc(F)c2)ccn1. The number of aromatic nitrogens is 1. The van der Waals surface area contributed by atoms with Crippen LogP contribution in [0.2, 0.25) is 0 Å². The largest absolute Gasteiger partial charge is 0.489 e. The Morgan fingerprint density at radius 1 is 1.24 bits per heavy atom. The van der Waals surface area contributed by atoms with E-state index >= 15 is 0 Å². The van der Waals surface area contributed by atoms with Crippen LogP contribution in [0.4, 0.5) is 4.39 Å². The number of ether oxygens (including phenoxy) is 1. The highest BCUT2D eigenvalue weighted by Gasteiger charge is 1.99. The number of benzene rings is 1. The van der Waals surface area contributed by atoms with Crippen molar-refractivity contribution < 1.29 is 9.13 Å². The van der Waals surface area contributed by atoms with Gasteiger partial charge in [0, 0.05) is 18.8 Å². The lowest BCUT2D eigenvalue weighted by Gasteiger charge is -2.06. The molecule has 0 bridgehead atoms. The Balaban J connectivity index is 2.02. The van der Waals surface area contributed by atoms with Gasteiger partial charge in [0.25, 0.3) is 0 Å². The lowest BCUT2D eigenvalue weighted by atomic mass is 10.2. The van der Waals surface area contributed by atoms with Crippen molar-refractivity contribution in [1.82, 2.24) is 4.98 Å².